The standard InChI is InChI=1S/C25H36F3N5O4/c1-13(2)16-7-9-33-18(16)21(35)31-15(11-29)10-17-14(12-30-20(17)34)6-5-8-24(3,4)19(22(33)36)32-23(37)25(26,27)28/h13-19H,5-10,12H2,1-4H3,(H,30,34)(H,31,35)(H,32,37)/t14?,15-,16?,17?,18-,19+/m0/s1. The maximum absolute atomic E-state index is 13.8. The van der Waals surface area contributed by atoms with Gasteiger partial charge >= 0.3 is 12.1 Å². The number of amides is 4. The highest BCUT2D eigenvalue weighted by Gasteiger charge is 2.50. The van der Waals surface area contributed by atoms with E-state index in [2.05, 4.69) is 10.6 Å². The van der Waals surface area contributed by atoms with Gasteiger partial charge in [0.15, 0.2) is 0 Å². The van der Waals surface area contributed by atoms with Gasteiger partial charge in [-0.05, 0) is 48.9 Å². The van der Waals surface area contributed by atoms with Crippen molar-refractivity contribution in [2.45, 2.75) is 84.1 Å². The second-order valence-corrected chi connectivity index (χ2v) is 11.5. The van der Waals surface area contributed by atoms with Crippen LogP contribution < -0.4 is 16.0 Å². The molecule has 3 N–H and O–H groups in total. The number of halogens is 3. The average Bonchev–Trinajstić information content (AvgIpc) is 3.39. The van der Waals surface area contributed by atoms with Crippen LogP contribution in [-0.2, 0) is 19.2 Å². The number of carbonyl (C=O) groups is 4. The highest BCUT2D eigenvalue weighted by Crippen LogP contribution is 2.37. The van der Waals surface area contributed by atoms with Crippen LogP contribution in [0.5, 0.6) is 0 Å². The predicted octanol–water partition coefficient (Wildman–Crippen LogP) is 1.88. The second kappa shape index (κ2) is 10.9. The zero-order valence-electron chi connectivity index (χ0n) is 21.7. The molecular formula is C25H36F3N5O4. The Labute approximate surface area is 214 Å². The molecule has 3 unspecified atom stereocenters. The van der Waals surface area contributed by atoms with Gasteiger partial charge in [-0.1, -0.05) is 34.1 Å². The first kappa shape index (κ1) is 28.7. The molecule has 6 atom stereocenters. The molecule has 3 saturated heterocycles. The normalized spacial score (nSPS) is 33.1. The van der Waals surface area contributed by atoms with E-state index in [9.17, 15) is 37.6 Å². The molecule has 37 heavy (non-hydrogen) atoms. The monoisotopic (exact) mass is 527 g/mol. The van der Waals surface area contributed by atoms with E-state index >= 15 is 0 Å². The third-order valence-corrected chi connectivity index (χ3v) is 8.22. The van der Waals surface area contributed by atoms with Gasteiger partial charge in [0.2, 0.25) is 17.7 Å². The first-order chi connectivity index (χ1) is 17.2. The van der Waals surface area contributed by atoms with E-state index in [4.69, 9.17) is 0 Å². The molecule has 3 heterocycles. The minimum atomic E-state index is -5.18. The Morgan fingerprint density at radius 2 is 1.86 bits per heavy atom. The molecule has 0 aromatic rings. The van der Waals surface area contributed by atoms with Crippen LogP contribution >= 0.6 is 0 Å². The molecule has 0 bridgehead atoms. The Kier molecular flexibility index (Phi) is 8.44. The first-order valence-corrected chi connectivity index (χ1v) is 12.8. The first-order valence-electron chi connectivity index (χ1n) is 12.8. The predicted molar refractivity (Wildman–Crippen MR) is 126 cm³/mol. The third-order valence-electron chi connectivity index (χ3n) is 8.22. The van der Waals surface area contributed by atoms with E-state index in [0.29, 0.717) is 32.2 Å². The number of alkyl halides is 3. The van der Waals surface area contributed by atoms with Gasteiger partial charge in [0, 0.05) is 19.0 Å². The SMILES string of the molecule is CC(C)C1CCN2C(=O)[C@@H](NC(=O)C(F)(F)F)C(C)(C)CCCC3CNC(=O)C3C[C@@H](C#N)NC(=O)[C@H]12. The summed E-state index contributed by atoms with van der Waals surface area (Å²) >= 11 is 0. The Hall–Kier alpha value is -2.84. The van der Waals surface area contributed by atoms with E-state index in [1.807, 2.05) is 25.2 Å². The summed E-state index contributed by atoms with van der Waals surface area (Å²) in [5.41, 5.74) is -1.07. The molecule has 206 valence electrons. The fourth-order valence-corrected chi connectivity index (χ4v) is 6.01. The van der Waals surface area contributed by atoms with Crippen LogP contribution in [0.4, 0.5) is 13.2 Å². The lowest BCUT2D eigenvalue weighted by Crippen LogP contribution is -2.61. The highest BCUT2D eigenvalue weighted by molar-refractivity contribution is 5.94. The van der Waals surface area contributed by atoms with Gasteiger partial charge in [0.05, 0.1) is 6.07 Å². The van der Waals surface area contributed by atoms with E-state index in [1.54, 1.807) is 13.8 Å². The lowest BCUT2D eigenvalue weighted by molar-refractivity contribution is -0.176. The molecule has 12 heteroatoms. The van der Waals surface area contributed by atoms with Crippen molar-refractivity contribution in [1.82, 2.24) is 20.9 Å². The Morgan fingerprint density at radius 3 is 2.46 bits per heavy atom. The largest absolute Gasteiger partial charge is 0.471 e. The maximum atomic E-state index is 13.8. The molecule has 0 aromatic carbocycles. The fraction of sp³-hybridized carbons (Fsp3) is 0.800. The van der Waals surface area contributed by atoms with Crippen molar-refractivity contribution in [2.24, 2.45) is 29.1 Å². The van der Waals surface area contributed by atoms with E-state index in [1.165, 1.54) is 4.90 Å². The van der Waals surface area contributed by atoms with Crippen LogP contribution in [0.1, 0.15) is 59.8 Å². The molecule has 0 saturated carbocycles. The molecule has 3 rings (SSSR count). The summed E-state index contributed by atoms with van der Waals surface area (Å²) in [5.74, 6) is -4.66. The molecule has 0 radical (unpaired) electrons. The van der Waals surface area contributed by atoms with Crippen molar-refractivity contribution >= 4 is 23.6 Å². The summed E-state index contributed by atoms with van der Waals surface area (Å²) in [6, 6.07) is -1.44. The Balaban J connectivity index is 2.03. The summed E-state index contributed by atoms with van der Waals surface area (Å²) in [6.45, 7) is 7.57. The van der Waals surface area contributed by atoms with Gasteiger partial charge in [-0.3, -0.25) is 19.2 Å². The number of carbonyl (C=O) groups excluding carboxylic acids is 4. The summed E-state index contributed by atoms with van der Waals surface area (Å²) in [6.07, 6.45) is -3.25. The number of nitriles is 1. The fourth-order valence-electron chi connectivity index (χ4n) is 6.01. The molecule has 4 amide bonds. The lowest BCUT2D eigenvalue weighted by Gasteiger charge is -2.39. The third kappa shape index (κ3) is 6.18. The van der Waals surface area contributed by atoms with E-state index in [0.717, 1.165) is 0 Å². The van der Waals surface area contributed by atoms with Crippen molar-refractivity contribution in [3.63, 3.8) is 0 Å². The molecule has 0 aliphatic carbocycles. The van der Waals surface area contributed by atoms with Gasteiger partial charge in [-0.15, -0.1) is 0 Å². The van der Waals surface area contributed by atoms with Gasteiger partial charge in [0.1, 0.15) is 18.1 Å². The minimum absolute atomic E-state index is 0.0332. The van der Waals surface area contributed by atoms with Gasteiger partial charge in [-0.2, -0.15) is 18.4 Å². The smallest absolute Gasteiger partial charge is 0.356 e. The minimum Gasteiger partial charge on any atom is -0.356 e. The Morgan fingerprint density at radius 1 is 1.19 bits per heavy atom. The summed E-state index contributed by atoms with van der Waals surface area (Å²) in [5, 5.41) is 17.2. The number of hydrogen-bond donors (Lipinski definition) is 3. The molecule has 9 nitrogen and oxygen atoms in total. The van der Waals surface area contributed by atoms with Gasteiger partial charge < -0.3 is 20.9 Å². The van der Waals surface area contributed by atoms with Crippen LogP contribution in [0, 0.1) is 40.4 Å². The molecule has 3 aliphatic heterocycles. The van der Waals surface area contributed by atoms with Crippen molar-refractivity contribution in [1.29, 1.82) is 5.26 Å². The number of hydrogen-bond acceptors (Lipinski definition) is 5. The van der Waals surface area contributed by atoms with Crippen LogP contribution in [0.25, 0.3) is 0 Å². The van der Waals surface area contributed by atoms with Crippen LogP contribution in [0.2, 0.25) is 0 Å². The highest BCUT2D eigenvalue weighted by atomic mass is 19.4. The molecule has 3 fully saturated rings. The lowest BCUT2D eigenvalue weighted by atomic mass is 9.76. The van der Waals surface area contributed by atoms with Gasteiger partial charge in [0.25, 0.3) is 0 Å². The van der Waals surface area contributed by atoms with Crippen molar-refractivity contribution in [3.05, 3.63) is 0 Å². The Bertz CT molecular complexity index is 961. The summed E-state index contributed by atoms with van der Waals surface area (Å²) in [4.78, 5) is 53.0. The molecule has 0 aromatic heterocycles. The molecule has 0 spiro atoms. The zero-order valence-corrected chi connectivity index (χ0v) is 21.7. The van der Waals surface area contributed by atoms with E-state index in [-0.39, 0.29) is 36.6 Å². The maximum Gasteiger partial charge on any atom is 0.471 e. The van der Waals surface area contributed by atoms with Crippen molar-refractivity contribution in [2.75, 3.05) is 13.1 Å². The van der Waals surface area contributed by atoms with E-state index < -0.39 is 53.4 Å². The number of fused-ring (bicyclic) bond motifs is 2. The quantitative estimate of drug-likeness (QED) is 0.505. The topological polar surface area (TPSA) is 131 Å². The number of nitrogens with zero attached hydrogens (tertiary/aromatic N) is 2. The van der Waals surface area contributed by atoms with Gasteiger partial charge in [-0.25, -0.2) is 0 Å². The molecular weight excluding hydrogens is 491 g/mol. The average molecular weight is 528 g/mol. The van der Waals surface area contributed by atoms with Crippen molar-refractivity contribution in [3.8, 4) is 6.07 Å². The number of nitrogens with one attached hydrogen (secondary N) is 3. The second-order valence-electron chi connectivity index (χ2n) is 11.5. The summed E-state index contributed by atoms with van der Waals surface area (Å²) in [7, 11) is 0. The van der Waals surface area contributed by atoms with Crippen molar-refractivity contribution < 1.29 is 32.3 Å². The number of rotatable bonds is 2. The molecule has 3 aliphatic rings. The van der Waals surface area contributed by atoms with Crippen LogP contribution in [-0.4, -0.2) is 65.9 Å². The zero-order chi connectivity index (χ0) is 27.7. The van der Waals surface area contributed by atoms with Crippen LogP contribution in [0.3, 0.4) is 0 Å². The summed E-state index contributed by atoms with van der Waals surface area (Å²) < 4.78 is 39.7. The van der Waals surface area contributed by atoms with Crippen LogP contribution in [0.15, 0.2) is 0 Å².